The normalized spacial score (nSPS) is 17.2. The van der Waals surface area contributed by atoms with Crippen LogP contribution in [-0.2, 0) is 4.79 Å². The molecule has 0 fully saturated rings. The lowest BCUT2D eigenvalue weighted by atomic mass is 10.4. The molecule has 0 saturated heterocycles. The highest BCUT2D eigenvalue weighted by molar-refractivity contribution is 5.89. The monoisotopic (exact) mass is 194 g/mol. The van der Waals surface area contributed by atoms with Crippen LogP contribution in [0.15, 0.2) is 16.9 Å². The van der Waals surface area contributed by atoms with Gasteiger partial charge in [-0.1, -0.05) is 0 Å². The molecule has 0 saturated carbocycles. The van der Waals surface area contributed by atoms with Crippen molar-refractivity contribution in [2.75, 3.05) is 6.54 Å². The number of hydrogen-bond acceptors (Lipinski definition) is 3. The van der Waals surface area contributed by atoms with Crippen LogP contribution in [0.1, 0.15) is 0 Å². The van der Waals surface area contributed by atoms with Crippen LogP contribution in [0.3, 0.4) is 0 Å². The molecule has 1 rings (SSSR count). The van der Waals surface area contributed by atoms with E-state index in [9.17, 15) is 18.0 Å². The molecule has 0 aromatic rings. The van der Waals surface area contributed by atoms with Crippen molar-refractivity contribution in [2.24, 2.45) is 4.99 Å². The second-order valence-corrected chi connectivity index (χ2v) is 2.25. The molecule has 0 bridgehead atoms. The summed E-state index contributed by atoms with van der Waals surface area (Å²) in [6.45, 7) is -0.458. The van der Waals surface area contributed by atoms with Crippen molar-refractivity contribution in [3.63, 3.8) is 0 Å². The average molecular weight is 194 g/mol. The van der Waals surface area contributed by atoms with E-state index < -0.39 is 24.5 Å². The van der Waals surface area contributed by atoms with Crippen LogP contribution in [0, 0.1) is 0 Å². The summed E-state index contributed by atoms with van der Waals surface area (Å²) in [4.78, 5) is 13.5. The second-order valence-electron chi connectivity index (χ2n) is 2.25. The van der Waals surface area contributed by atoms with Gasteiger partial charge in [0, 0.05) is 12.4 Å². The van der Waals surface area contributed by atoms with E-state index in [4.69, 9.17) is 5.11 Å². The quantitative estimate of drug-likeness (QED) is 0.628. The number of carboxylic acids is 1. The lowest BCUT2D eigenvalue weighted by Crippen LogP contribution is -2.37. The maximum absolute atomic E-state index is 12.0. The van der Waals surface area contributed by atoms with Gasteiger partial charge < -0.3 is 5.11 Å². The van der Waals surface area contributed by atoms with E-state index in [2.05, 4.69) is 4.99 Å². The molecule has 0 aromatic heterocycles. The van der Waals surface area contributed by atoms with Gasteiger partial charge in [0.2, 0.25) is 0 Å². The number of hydrogen-bond donors (Lipinski definition) is 1. The van der Waals surface area contributed by atoms with Gasteiger partial charge in [-0.25, -0.2) is 4.79 Å². The zero-order valence-electron chi connectivity index (χ0n) is 6.25. The molecule has 0 unspecified atom stereocenters. The molecule has 1 aliphatic heterocycles. The zero-order chi connectivity index (χ0) is 10.1. The van der Waals surface area contributed by atoms with Crippen molar-refractivity contribution in [3.8, 4) is 0 Å². The fraction of sp³-hybridized carbons (Fsp3) is 0.333. The largest absolute Gasteiger partial charge is 0.484 e. The molecule has 0 aliphatic carbocycles. The summed E-state index contributed by atoms with van der Waals surface area (Å²) in [6, 6.07) is 0. The Morgan fingerprint density at radius 2 is 2.23 bits per heavy atom. The lowest BCUT2D eigenvalue weighted by molar-refractivity contribution is -0.223. The third-order valence-electron chi connectivity index (χ3n) is 1.33. The van der Waals surface area contributed by atoms with Crippen LogP contribution >= 0.6 is 0 Å². The average Bonchev–Trinajstić information content (AvgIpc) is 2.03. The van der Waals surface area contributed by atoms with Gasteiger partial charge in [-0.05, 0) is 0 Å². The van der Waals surface area contributed by atoms with Crippen molar-refractivity contribution in [1.29, 1.82) is 0 Å². The van der Waals surface area contributed by atoms with Crippen molar-refractivity contribution in [3.05, 3.63) is 11.9 Å². The highest BCUT2D eigenvalue weighted by atomic mass is 19.4. The molecule has 72 valence electrons. The number of nitrogens with zero attached hydrogens (tertiary/aromatic N) is 2. The Morgan fingerprint density at radius 1 is 1.62 bits per heavy atom. The maximum atomic E-state index is 12.0. The Bertz CT molecular complexity index is 282. The first-order valence-corrected chi connectivity index (χ1v) is 3.22. The fourth-order valence-electron chi connectivity index (χ4n) is 0.748. The molecule has 0 spiro atoms. The summed E-state index contributed by atoms with van der Waals surface area (Å²) in [7, 11) is 0. The maximum Gasteiger partial charge on any atom is 0.484 e. The fourth-order valence-corrected chi connectivity index (χ4v) is 0.748. The summed E-state index contributed by atoms with van der Waals surface area (Å²) in [5, 5.41) is 8.35. The molecular formula is C6H5F3N2O2. The van der Waals surface area contributed by atoms with Gasteiger partial charge in [-0.2, -0.15) is 13.2 Å². The van der Waals surface area contributed by atoms with Crippen molar-refractivity contribution in [2.45, 2.75) is 6.30 Å². The van der Waals surface area contributed by atoms with E-state index in [-0.39, 0.29) is 4.90 Å². The SMILES string of the molecule is O=C(O)C1=CN(C(F)(F)F)CC=N1. The molecule has 0 atom stereocenters. The van der Waals surface area contributed by atoms with E-state index in [1.165, 1.54) is 0 Å². The Kier molecular flexibility index (Phi) is 2.26. The van der Waals surface area contributed by atoms with Gasteiger partial charge in [0.1, 0.15) is 0 Å². The third kappa shape index (κ3) is 2.20. The number of aliphatic imine (C=N–C) groups is 1. The van der Waals surface area contributed by atoms with Gasteiger partial charge in [0.25, 0.3) is 0 Å². The molecule has 1 heterocycles. The van der Waals surface area contributed by atoms with E-state index in [1.807, 2.05) is 0 Å². The molecular weight excluding hydrogens is 189 g/mol. The van der Waals surface area contributed by atoms with Gasteiger partial charge in [0.15, 0.2) is 5.70 Å². The molecule has 0 amide bonds. The van der Waals surface area contributed by atoms with E-state index in [0.29, 0.717) is 6.20 Å². The molecule has 13 heavy (non-hydrogen) atoms. The van der Waals surface area contributed by atoms with Crippen LogP contribution < -0.4 is 0 Å². The van der Waals surface area contributed by atoms with E-state index in [0.717, 1.165) is 6.21 Å². The van der Waals surface area contributed by atoms with E-state index >= 15 is 0 Å². The van der Waals surface area contributed by atoms with Crippen LogP contribution in [0.5, 0.6) is 0 Å². The smallest absolute Gasteiger partial charge is 0.476 e. The number of carbonyl (C=O) groups is 1. The first-order valence-electron chi connectivity index (χ1n) is 3.22. The van der Waals surface area contributed by atoms with Crippen LogP contribution in [0.25, 0.3) is 0 Å². The molecule has 4 nitrogen and oxygen atoms in total. The van der Waals surface area contributed by atoms with Crippen LogP contribution in [0.4, 0.5) is 13.2 Å². The number of aliphatic carboxylic acids is 1. The van der Waals surface area contributed by atoms with Gasteiger partial charge in [0.05, 0.1) is 6.54 Å². The minimum Gasteiger partial charge on any atom is -0.476 e. The Labute approximate surface area is 71.0 Å². The van der Waals surface area contributed by atoms with Gasteiger partial charge in [-0.3, -0.25) is 9.89 Å². The molecule has 1 N–H and O–H groups in total. The van der Waals surface area contributed by atoms with Gasteiger partial charge in [-0.15, -0.1) is 0 Å². The van der Waals surface area contributed by atoms with E-state index in [1.54, 1.807) is 0 Å². The number of rotatable bonds is 1. The zero-order valence-corrected chi connectivity index (χ0v) is 6.25. The first-order chi connectivity index (χ1) is 5.91. The minimum atomic E-state index is -4.56. The van der Waals surface area contributed by atoms with Crippen LogP contribution in [-0.4, -0.2) is 35.0 Å². The molecule has 1 aliphatic rings. The topological polar surface area (TPSA) is 52.9 Å². The summed E-state index contributed by atoms with van der Waals surface area (Å²) in [5.41, 5.74) is -0.622. The number of halogens is 3. The third-order valence-corrected chi connectivity index (χ3v) is 1.33. The second kappa shape index (κ2) is 3.08. The highest BCUT2D eigenvalue weighted by Gasteiger charge is 2.36. The van der Waals surface area contributed by atoms with Crippen molar-refractivity contribution in [1.82, 2.24) is 4.90 Å². The van der Waals surface area contributed by atoms with Gasteiger partial charge >= 0.3 is 12.3 Å². The number of alkyl halides is 3. The van der Waals surface area contributed by atoms with Crippen molar-refractivity contribution >= 4 is 12.2 Å². The Morgan fingerprint density at radius 3 is 2.69 bits per heavy atom. The standard InChI is InChI=1S/C6H5F3N2O2/c7-6(8,9)11-2-1-10-4(3-11)5(12)13/h1,3H,2H2,(H,12,13). The number of carboxylic acid groups (broad SMARTS) is 1. The predicted molar refractivity (Wildman–Crippen MR) is 37.0 cm³/mol. The summed E-state index contributed by atoms with van der Waals surface area (Å²) >= 11 is 0. The summed E-state index contributed by atoms with van der Waals surface area (Å²) < 4.78 is 36.0. The van der Waals surface area contributed by atoms with Crippen LogP contribution in [0.2, 0.25) is 0 Å². The summed E-state index contributed by atoms with van der Waals surface area (Å²) in [5.74, 6) is -1.48. The lowest BCUT2D eigenvalue weighted by Gasteiger charge is -2.23. The molecule has 0 radical (unpaired) electrons. The Hall–Kier alpha value is -1.53. The molecule has 0 aromatic carbocycles. The minimum absolute atomic E-state index is 0.0521. The predicted octanol–water partition coefficient (Wildman–Crippen LogP) is 0.819. The summed E-state index contributed by atoms with van der Waals surface area (Å²) in [6.07, 6.45) is -3.20. The molecule has 7 heteroatoms. The van der Waals surface area contributed by atoms with Crippen molar-refractivity contribution < 1.29 is 23.1 Å². The Balaban J connectivity index is 2.85. The first kappa shape index (κ1) is 9.56. The highest BCUT2D eigenvalue weighted by Crippen LogP contribution is 2.23.